The van der Waals surface area contributed by atoms with Crippen LogP contribution >= 0.6 is 11.3 Å². The van der Waals surface area contributed by atoms with Crippen LogP contribution in [0, 0.1) is 0 Å². The van der Waals surface area contributed by atoms with Gasteiger partial charge in [-0.3, -0.25) is 0 Å². The molecule has 0 aromatic carbocycles. The Morgan fingerprint density at radius 3 is 2.92 bits per heavy atom. The van der Waals surface area contributed by atoms with E-state index in [9.17, 15) is 0 Å². The average Bonchev–Trinajstić information content (AvgIpc) is 2.56. The minimum absolute atomic E-state index is 0.352. The summed E-state index contributed by atoms with van der Waals surface area (Å²) >= 11 is 1.56. The van der Waals surface area contributed by atoms with E-state index >= 15 is 0 Å². The minimum Gasteiger partial charge on any atom is -0.470 e. The SMILES string of the molecule is CCOc1nc(C(CC)NC)cs1. The summed E-state index contributed by atoms with van der Waals surface area (Å²) in [6.07, 6.45) is 1.05. The third-order valence-corrected chi connectivity index (χ3v) is 2.65. The molecule has 0 saturated heterocycles. The van der Waals surface area contributed by atoms with Crippen LogP contribution in [0.2, 0.25) is 0 Å². The van der Waals surface area contributed by atoms with Gasteiger partial charge < -0.3 is 10.1 Å². The fourth-order valence-corrected chi connectivity index (χ4v) is 1.96. The smallest absolute Gasteiger partial charge is 0.273 e. The van der Waals surface area contributed by atoms with Crippen molar-refractivity contribution < 1.29 is 4.74 Å². The Bertz CT molecular complexity index is 246. The highest BCUT2D eigenvalue weighted by molar-refractivity contribution is 7.11. The van der Waals surface area contributed by atoms with Gasteiger partial charge >= 0.3 is 0 Å². The molecule has 0 fully saturated rings. The number of nitrogens with one attached hydrogen (secondary N) is 1. The first-order valence-corrected chi connectivity index (χ1v) is 5.45. The van der Waals surface area contributed by atoms with E-state index in [4.69, 9.17) is 4.74 Å². The van der Waals surface area contributed by atoms with Crippen molar-refractivity contribution in [2.24, 2.45) is 0 Å². The first kappa shape index (κ1) is 10.5. The number of nitrogens with zero attached hydrogens (tertiary/aromatic N) is 1. The summed E-state index contributed by atoms with van der Waals surface area (Å²) < 4.78 is 5.31. The second-order valence-electron chi connectivity index (χ2n) is 2.72. The monoisotopic (exact) mass is 200 g/mol. The molecular formula is C9H16N2OS. The lowest BCUT2D eigenvalue weighted by molar-refractivity contribution is 0.336. The second kappa shape index (κ2) is 5.19. The van der Waals surface area contributed by atoms with Crippen LogP contribution in [0.4, 0.5) is 0 Å². The third kappa shape index (κ3) is 2.67. The van der Waals surface area contributed by atoms with Crippen LogP contribution in [0.5, 0.6) is 5.19 Å². The second-order valence-corrected chi connectivity index (χ2v) is 3.54. The van der Waals surface area contributed by atoms with Gasteiger partial charge in [0.15, 0.2) is 0 Å². The first-order chi connectivity index (χ1) is 6.31. The number of hydrogen-bond acceptors (Lipinski definition) is 4. The van der Waals surface area contributed by atoms with Crippen molar-refractivity contribution in [2.75, 3.05) is 13.7 Å². The molecule has 13 heavy (non-hydrogen) atoms. The van der Waals surface area contributed by atoms with Crippen molar-refractivity contribution in [2.45, 2.75) is 26.3 Å². The lowest BCUT2D eigenvalue weighted by atomic mass is 10.2. The third-order valence-electron chi connectivity index (χ3n) is 1.88. The molecule has 1 atom stereocenters. The van der Waals surface area contributed by atoms with Gasteiger partial charge in [-0.1, -0.05) is 18.3 Å². The summed E-state index contributed by atoms with van der Waals surface area (Å²) in [5.74, 6) is 0. The van der Waals surface area contributed by atoms with Gasteiger partial charge in [0.2, 0.25) is 0 Å². The quantitative estimate of drug-likeness (QED) is 0.791. The van der Waals surface area contributed by atoms with E-state index in [2.05, 4.69) is 22.6 Å². The van der Waals surface area contributed by atoms with Crippen molar-refractivity contribution in [3.05, 3.63) is 11.1 Å². The number of rotatable bonds is 5. The van der Waals surface area contributed by atoms with E-state index in [1.807, 2.05) is 14.0 Å². The highest BCUT2D eigenvalue weighted by atomic mass is 32.1. The van der Waals surface area contributed by atoms with Gasteiger partial charge in [-0.05, 0) is 20.4 Å². The summed E-state index contributed by atoms with van der Waals surface area (Å²) in [4.78, 5) is 4.38. The lowest BCUT2D eigenvalue weighted by Gasteiger charge is -2.09. The van der Waals surface area contributed by atoms with Crippen molar-refractivity contribution in [3.63, 3.8) is 0 Å². The van der Waals surface area contributed by atoms with Crippen LogP contribution in [0.25, 0.3) is 0 Å². The molecule has 1 aromatic heterocycles. The topological polar surface area (TPSA) is 34.1 Å². The number of hydrogen-bond donors (Lipinski definition) is 1. The maximum atomic E-state index is 5.31. The Balaban J connectivity index is 2.66. The largest absolute Gasteiger partial charge is 0.470 e. The minimum atomic E-state index is 0.352. The van der Waals surface area contributed by atoms with Crippen molar-refractivity contribution >= 4 is 11.3 Å². The molecule has 1 aromatic rings. The molecule has 1 N–H and O–H groups in total. The van der Waals surface area contributed by atoms with E-state index in [0.29, 0.717) is 12.6 Å². The van der Waals surface area contributed by atoms with Gasteiger partial charge in [-0.15, -0.1) is 0 Å². The molecule has 0 amide bonds. The van der Waals surface area contributed by atoms with Gasteiger partial charge in [0.1, 0.15) is 0 Å². The summed E-state index contributed by atoms with van der Waals surface area (Å²) in [6.45, 7) is 4.79. The zero-order valence-corrected chi connectivity index (χ0v) is 9.15. The average molecular weight is 200 g/mol. The van der Waals surface area contributed by atoms with Gasteiger partial charge in [-0.2, -0.15) is 0 Å². The van der Waals surface area contributed by atoms with E-state index in [-0.39, 0.29) is 0 Å². The van der Waals surface area contributed by atoms with Gasteiger partial charge in [0.05, 0.1) is 12.3 Å². The van der Waals surface area contributed by atoms with E-state index in [1.165, 1.54) is 0 Å². The van der Waals surface area contributed by atoms with Crippen molar-refractivity contribution in [1.29, 1.82) is 0 Å². The molecule has 74 valence electrons. The molecule has 1 rings (SSSR count). The number of ether oxygens (including phenoxy) is 1. The van der Waals surface area contributed by atoms with Crippen LogP contribution in [0.3, 0.4) is 0 Å². The highest BCUT2D eigenvalue weighted by Gasteiger charge is 2.10. The maximum absolute atomic E-state index is 5.31. The predicted molar refractivity (Wildman–Crippen MR) is 55.4 cm³/mol. The maximum Gasteiger partial charge on any atom is 0.273 e. The Morgan fingerprint density at radius 1 is 1.62 bits per heavy atom. The van der Waals surface area contributed by atoms with Gasteiger partial charge in [0, 0.05) is 11.4 Å². The molecule has 0 bridgehead atoms. The summed E-state index contributed by atoms with van der Waals surface area (Å²) in [5, 5.41) is 6.03. The van der Waals surface area contributed by atoms with Crippen LogP contribution in [-0.2, 0) is 0 Å². The molecule has 1 heterocycles. The fraction of sp³-hybridized carbons (Fsp3) is 0.667. The van der Waals surface area contributed by atoms with E-state index in [0.717, 1.165) is 17.3 Å². The zero-order valence-electron chi connectivity index (χ0n) is 8.33. The van der Waals surface area contributed by atoms with E-state index < -0.39 is 0 Å². The fourth-order valence-electron chi connectivity index (χ4n) is 1.18. The summed E-state index contributed by atoms with van der Waals surface area (Å²) in [5.41, 5.74) is 1.08. The Hall–Kier alpha value is -0.610. The zero-order chi connectivity index (χ0) is 9.68. The standard InChI is InChI=1S/C9H16N2OS/c1-4-7(10-3)8-6-13-9(11-8)12-5-2/h6-7,10H,4-5H2,1-3H3. The molecule has 0 aliphatic carbocycles. The summed E-state index contributed by atoms with van der Waals surface area (Å²) in [6, 6.07) is 0.352. The summed E-state index contributed by atoms with van der Waals surface area (Å²) in [7, 11) is 1.95. The van der Waals surface area contributed by atoms with Crippen LogP contribution < -0.4 is 10.1 Å². The number of thiazole rings is 1. The van der Waals surface area contributed by atoms with Crippen molar-refractivity contribution in [3.8, 4) is 5.19 Å². The Labute approximate surface area is 83.1 Å². The van der Waals surface area contributed by atoms with Gasteiger partial charge in [0.25, 0.3) is 5.19 Å². The molecule has 0 spiro atoms. The molecule has 0 aliphatic rings. The van der Waals surface area contributed by atoms with Crippen LogP contribution in [-0.4, -0.2) is 18.6 Å². The molecular weight excluding hydrogens is 184 g/mol. The van der Waals surface area contributed by atoms with Crippen molar-refractivity contribution in [1.82, 2.24) is 10.3 Å². The van der Waals surface area contributed by atoms with Gasteiger partial charge in [-0.25, -0.2) is 4.98 Å². The first-order valence-electron chi connectivity index (χ1n) is 4.57. The molecule has 0 saturated carbocycles. The molecule has 4 heteroatoms. The molecule has 0 aliphatic heterocycles. The Kier molecular flexibility index (Phi) is 4.18. The normalized spacial score (nSPS) is 12.8. The van der Waals surface area contributed by atoms with E-state index in [1.54, 1.807) is 11.3 Å². The van der Waals surface area contributed by atoms with Crippen LogP contribution in [0.1, 0.15) is 32.0 Å². The lowest BCUT2D eigenvalue weighted by Crippen LogP contribution is -2.15. The Morgan fingerprint density at radius 2 is 2.38 bits per heavy atom. The molecule has 3 nitrogen and oxygen atoms in total. The predicted octanol–water partition coefficient (Wildman–Crippen LogP) is 2.21. The number of aromatic nitrogens is 1. The van der Waals surface area contributed by atoms with Crippen LogP contribution in [0.15, 0.2) is 5.38 Å². The highest BCUT2D eigenvalue weighted by Crippen LogP contribution is 2.23. The molecule has 0 radical (unpaired) electrons. The molecule has 1 unspecified atom stereocenters.